The molecular weight excluding hydrogens is 196 g/mol. The van der Waals surface area contributed by atoms with Crippen molar-refractivity contribution in [2.24, 2.45) is 0 Å². The summed E-state index contributed by atoms with van der Waals surface area (Å²) in [4.78, 5) is 28.5. The van der Waals surface area contributed by atoms with Gasteiger partial charge in [0.1, 0.15) is 0 Å². The maximum atomic E-state index is 8.70. The van der Waals surface area contributed by atoms with Crippen molar-refractivity contribution in [2.45, 2.75) is 0 Å². The Hall–Kier alpha value is -0.0000000000000000416. The third kappa shape index (κ3) is 368999999999999985105407004949610496. The van der Waals surface area contributed by atoms with Gasteiger partial charge in [-0.1, -0.05) is 0 Å². The van der Waals surface area contributed by atoms with Crippen LogP contribution in [0.5, 0.6) is 0 Å². The van der Waals surface area contributed by atoms with E-state index in [0.717, 1.165) is 0 Å². The zero-order valence-electron chi connectivity index (χ0n) is 6.00. The molecule has 0 amide bonds. The Balaban J connectivity index is -0.0000000886. The Morgan fingerprint density at radius 2 is 0.909 bits per heavy atom. The Kier molecular flexibility index (Phi) is 25.8. The zero-order valence-corrected chi connectivity index (χ0v) is 7.79. The summed E-state index contributed by atoms with van der Waals surface area (Å²) in [6.07, 6.45) is 0. The summed E-state index contributed by atoms with van der Waals surface area (Å²) in [5.74, 6) is 0. The summed E-state index contributed by atoms with van der Waals surface area (Å²) >= 11 is 0. The second-order valence-corrected chi connectivity index (χ2v) is 2.02. The van der Waals surface area contributed by atoms with Crippen LogP contribution in [0.3, 0.4) is 0 Å². The second kappa shape index (κ2) is 16.5. The van der Waals surface area contributed by atoms with E-state index in [4.69, 9.17) is 28.7 Å². The van der Waals surface area contributed by atoms with Gasteiger partial charge in [0.2, 0.25) is 0 Å². The molecule has 5 N–H and O–H groups in total. The van der Waals surface area contributed by atoms with Crippen LogP contribution in [-0.4, -0.2) is 33.7 Å². The van der Waals surface area contributed by atoms with E-state index in [-0.39, 0.29) is 0 Å². The maximum absolute atomic E-state index is 8.70. The van der Waals surface area contributed by atoms with E-state index < -0.39 is 16.5 Å². The van der Waals surface area contributed by atoms with Crippen molar-refractivity contribution in [3.63, 3.8) is 0 Å². The summed E-state index contributed by atoms with van der Waals surface area (Å²) in [6.45, 7) is 0. The number of nitrogens with one attached hydrogen (secondary N) is 1. The molecule has 68 valence electrons. The summed E-state index contributed by atoms with van der Waals surface area (Å²) in [5.41, 5.74) is 0. The first-order valence-electron chi connectivity index (χ1n) is 2.17. The number of rotatable bonds is 0. The number of hydrogen-bond acceptors (Lipinski definition) is 3. The molecule has 0 aromatic carbocycles. The number of hydrogen-bond donors (Lipinski definition) is 5. The van der Waals surface area contributed by atoms with E-state index >= 15 is 0 Å². The average Bonchev–Trinajstić information content (AvgIpc) is 1.60. The van der Waals surface area contributed by atoms with Crippen molar-refractivity contribution in [1.29, 1.82) is 0 Å². The van der Waals surface area contributed by atoms with Gasteiger partial charge in [-0.05, 0) is 14.1 Å². The molecule has 0 aliphatic heterocycles. The predicted octanol–water partition coefficient (Wildman–Crippen LogP) is -0.908. The van der Waals surface area contributed by atoms with Crippen LogP contribution in [0.25, 0.3) is 0 Å². The highest BCUT2D eigenvalue weighted by Crippen LogP contribution is 1.98. The van der Waals surface area contributed by atoms with Crippen LogP contribution in [0.4, 0.5) is 0 Å². The fraction of sp³-hybridized carbons (Fsp3) is 1.00. The average molecular weight is 207 g/mol. The largest absolute Gasteiger partial charge is 0.692 e. The minimum atomic E-state index is -2.87. The lowest BCUT2D eigenvalue weighted by Crippen LogP contribution is -1.89. The molecule has 0 aliphatic carbocycles. The lowest BCUT2D eigenvalue weighted by atomic mass is 11.3. The molecule has 0 bridgehead atoms. The van der Waals surface area contributed by atoms with Gasteiger partial charge >= 0.3 is 16.5 Å². The van der Waals surface area contributed by atoms with Crippen LogP contribution < -0.4 is 5.32 Å². The highest BCUT2D eigenvalue weighted by atomic mass is 31.1. The third-order valence-electron chi connectivity index (χ3n) is 0. The van der Waals surface area contributed by atoms with E-state index in [0.29, 0.717) is 0 Å². The van der Waals surface area contributed by atoms with E-state index in [9.17, 15) is 0 Å². The van der Waals surface area contributed by atoms with Crippen molar-refractivity contribution >= 4 is 16.5 Å². The van der Waals surface area contributed by atoms with Crippen molar-refractivity contribution in [2.75, 3.05) is 14.1 Å². The molecule has 0 aliphatic rings. The van der Waals surface area contributed by atoms with Gasteiger partial charge in [-0.25, -0.2) is 0 Å². The Labute approximate surface area is 65.6 Å². The van der Waals surface area contributed by atoms with Gasteiger partial charge in [0.25, 0.3) is 0 Å². The van der Waals surface area contributed by atoms with Crippen LogP contribution in [0.2, 0.25) is 0 Å². The first-order chi connectivity index (χ1) is 4.88. The Morgan fingerprint density at radius 3 is 0.909 bits per heavy atom. The van der Waals surface area contributed by atoms with Crippen molar-refractivity contribution in [3.8, 4) is 0 Å². The van der Waals surface area contributed by atoms with Crippen LogP contribution >= 0.6 is 16.5 Å². The predicted molar refractivity (Wildman–Crippen MR) is 39.1 cm³/mol. The van der Waals surface area contributed by atoms with Gasteiger partial charge in [-0.3, -0.25) is 0 Å². The van der Waals surface area contributed by atoms with Crippen molar-refractivity contribution < 1.29 is 28.7 Å². The van der Waals surface area contributed by atoms with Gasteiger partial charge in [0, 0.05) is 9.13 Å². The van der Waals surface area contributed by atoms with Crippen LogP contribution in [0.15, 0.2) is 0 Å². The highest BCUT2D eigenvalue weighted by molar-refractivity contribution is 7.31. The first kappa shape index (κ1) is 17.2. The molecule has 0 radical (unpaired) electrons. The quantitative estimate of drug-likeness (QED) is 0.325. The van der Waals surface area contributed by atoms with E-state index in [1.165, 1.54) is 0 Å². The highest BCUT2D eigenvalue weighted by Gasteiger charge is 1.93. The van der Waals surface area contributed by atoms with Crippen LogP contribution in [0.1, 0.15) is 0 Å². The first-order valence-corrected chi connectivity index (χ1v) is 4.50. The lowest BCUT2D eigenvalue weighted by molar-refractivity contribution is 0.403. The van der Waals surface area contributed by atoms with Crippen molar-refractivity contribution in [1.82, 2.24) is 5.32 Å². The van der Waals surface area contributed by atoms with Crippen LogP contribution in [-0.2, 0) is 9.13 Å². The SMILES string of the molecule is CNC.O=[P+](O)O.O=[P+](O)O. The molecule has 11 heavy (non-hydrogen) atoms. The molecule has 0 atom stereocenters. The summed E-state index contributed by atoms with van der Waals surface area (Å²) in [5, 5.41) is 2.75. The molecule has 0 spiro atoms. The monoisotopic (exact) mass is 207 g/mol. The molecule has 0 heterocycles. The van der Waals surface area contributed by atoms with Crippen molar-refractivity contribution in [3.05, 3.63) is 0 Å². The molecule has 9 heteroatoms. The van der Waals surface area contributed by atoms with Gasteiger partial charge in [-0.15, -0.1) is 19.6 Å². The van der Waals surface area contributed by atoms with E-state index in [1.807, 2.05) is 14.1 Å². The Morgan fingerprint density at radius 1 is 0.909 bits per heavy atom. The zero-order chi connectivity index (χ0) is 9.86. The van der Waals surface area contributed by atoms with Gasteiger partial charge in [0.15, 0.2) is 0 Å². The molecule has 7 nitrogen and oxygen atoms in total. The summed E-state index contributed by atoms with van der Waals surface area (Å²) in [6, 6.07) is 0. The minimum absolute atomic E-state index is 1.88. The third-order valence-corrected chi connectivity index (χ3v) is 0. The fourth-order valence-corrected chi connectivity index (χ4v) is 0. The van der Waals surface area contributed by atoms with Gasteiger partial charge < -0.3 is 5.32 Å². The van der Waals surface area contributed by atoms with E-state index in [1.54, 1.807) is 0 Å². The molecule has 0 rings (SSSR count). The van der Waals surface area contributed by atoms with E-state index in [2.05, 4.69) is 5.32 Å². The van der Waals surface area contributed by atoms with Gasteiger partial charge in [-0.2, -0.15) is 0 Å². The molecule has 0 fully saturated rings. The standard InChI is InChI=1S/C2H7N.2HO3P/c1-3-2;2*1-4(2)3/h3H,1-2H3;2*(H-,1,2,3)/p+2. The topological polar surface area (TPSA) is 127 Å². The molecular formula is C2H11NO6P2+2. The Bertz CT molecular complexity index is 86.8. The second-order valence-electron chi connectivity index (χ2n) is 1.01. The molecule has 0 saturated heterocycles. The molecule has 0 aromatic heterocycles. The van der Waals surface area contributed by atoms with Gasteiger partial charge in [0.05, 0.1) is 0 Å². The molecule has 0 saturated carbocycles. The summed E-state index contributed by atoms with van der Waals surface area (Å²) < 4.78 is 17.4. The molecule has 0 unspecified atom stereocenters. The maximum Gasteiger partial charge on any atom is 0.692 e. The van der Waals surface area contributed by atoms with Crippen LogP contribution in [0, 0.1) is 0 Å². The smallest absolute Gasteiger partial charge is 0.323 e. The minimum Gasteiger partial charge on any atom is -0.323 e. The fourth-order valence-electron chi connectivity index (χ4n) is 0. The molecule has 0 aromatic rings. The lowest BCUT2D eigenvalue weighted by Gasteiger charge is -1.59. The normalized spacial score (nSPS) is 6.36. The summed E-state index contributed by atoms with van der Waals surface area (Å²) in [7, 11) is -1.99.